The molecule has 0 aromatic heterocycles. The molecule has 1 saturated carbocycles. The molecule has 1 atom stereocenters. The van der Waals surface area contributed by atoms with Gasteiger partial charge in [0.25, 0.3) is 0 Å². The van der Waals surface area contributed by atoms with Gasteiger partial charge in [-0.3, -0.25) is 0 Å². The van der Waals surface area contributed by atoms with Gasteiger partial charge in [0.2, 0.25) is 0 Å². The molecular weight excluding hydrogens is 272 g/mol. The van der Waals surface area contributed by atoms with Gasteiger partial charge in [0.1, 0.15) is 17.4 Å². The molecule has 0 unspecified atom stereocenters. The Kier molecular flexibility index (Phi) is 6.01. The van der Waals surface area contributed by atoms with Gasteiger partial charge in [0.15, 0.2) is 0 Å². The summed E-state index contributed by atoms with van der Waals surface area (Å²) < 4.78 is 32.6. The van der Waals surface area contributed by atoms with Crippen LogP contribution in [0.1, 0.15) is 43.7 Å². The Morgan fingerprint density at radius 2 is 1.68 bits per heavy atom. The molecule has 2 N–H and O–H groups in total. The van der Waals surface area contributed by atoms with E-state index in [0.717, 1.165) is 25.7 Å². The third-order valence-corrected chi connectivity index (χ3v) is 3.78. The normalized spacial score (nSPS) is 17.7. The summed E-state index contributed by atoms with van der Waals surface area (Å²) >= 11 is 0. The van der Waals surface area contributed by atoms with Gasteiger partial charge in [0, 0.05) is 23.7 Å². The van der Waals surface area contributed by atoms with E-state index in [0.29, 0.717) is 0 Å². The Hall–Kier alpha value is -0.870. The zero-order valence-electron chi connectivity index (χ0n) is 11.0. The van der Waals surface area contributed by atoms with E-state index in [4.69, 9.17) is 10.5 Å². The lowest BCUT2D eigenvalue weighted by Crippen LogP contribution is -2.25. The Balaban J connectivity index is 0.00000180. The van der Waals surface area contributed by atoms with Crippen LogP contribution in [0.25, 0.3) is 0 Å². The summed E-state index contributed by atoms with van der Waals surface area (Å²) in [5.41, 5.74) is 6.04. The van der Waals surface area contributed by atoms with Crippen LogP contribution < -0.4 is 10.5 Å². The summed E-state index contributed by atoms with van der Waals surface area (Å²) in [7, 11) is 1.38. The van der Waals surface area contributed by atoms with Crippen LogP contribution in [0.3, 0.4) is 0 Å². The van der Waals surface area contributed by atoms with Gasteiger partial charge in [-0.2, -0.15) is 0 Å². The first-order valence-corrected chi connectivity index (χ1v) is 6.42. The lowest BCUT2D eigenvalue weighted by Gasteiger charge is -2.28. The van der Waals surface area contributed by atoms with Crippen molar-refractivity contribution in [3.63, 3.8) is 0 Å². The van der Waals surface area contributed by atoms with Crippen molar-refractivity contribution in [2.45, 2.75) is 38.1 Å². The first-order valence-electron chi connectivity index (χ1n) is 6.42. The summed E-state index contributed by atoms with van der Waals surface area (Å²) in [6, 6.07) is 1.83. The maximum Gasteiger partial charge on any atom is 0.134 e. The number of halogens is 3. The van der Waals surface area contributed by atoms with Crippen molar-refractivity contribution < 1.29 is 13.5 Å². The van der Waals surface area contributed by atoms with Gasteiger partial charge in [-0.1, -0.05) is 19.3 Å². The van der Waals surface area contributed by atoms with Gasteiger partial charge in [-0.25, -0.2) is 8.78 Å². The summed E-state index contributed by atoms with van der Waals surface area (Å²) in [6.07, 6.45) is 5.28. The third-order valence-electron chi connectivity index (χ3n) is 3.78. The molecule has 19 heavy (non-hydrogen) atoms. The van der Waals surface area contributed by atoms with E-state index in [1.165, 1.54) is 25.7 Å². The second-order valence-corrected chi connectivity index (χ2v) is 4.93. The molecule has 0 radical (unpaired) electrons. The first-order chi connectivity index (χ1) is 8.63. The number of hydrogen-bond donors (Lipinski definition) is 1. The quantitative estimate of drug-likeness (QED) is 0.914. The lowest BCUT2D eigenvalue weighted by molar-refractivity contribution is 0.297. The second kappa shape index (κ2) is 7.06. The van der Waals surface area contributed by atoms with Crippen molar-refractivity contribution in [3.05, 3.63) is 29.3 Å². The van der Waals surface area contributed by atoms with E-state index in [9.17, 15) is 8.78 Å². The number of ether oxygens (including phenoxy) is 1. The van der Waals surface area contributed by atoms with E-state index >= 15 is 0 Å². The van der Waals surface area contributed by atoms with E-state index in [1.54, 1.807) is 0 Å². The highest BCUT2D eigenvalue weighted by Gasteiger charge is 2.27. The molecule has 1 fully saturated rings. The maximum atomic E-state index is 13.9. The van der Waals surface area contributed by atoms with Crippen molar-refractivity contribution in [3.8, 4) is 5.75 Å². The van der Waals surface area contributed by atoms with Crippen LogP contribution in [0, 0.1) is 17.6 Å². The minimum atomic E-state index is -0.607. The van der Waals surface area contributed by atoms with Crippen LogP contribution in [-0.4, -0.2) is 7.11 Å². The highest BCUT2D eigenvalue weighted by Crippen LogP contribution is 2.35. The number of nitrogens with two attached hydrogens (primary N) is 1. The van der Waals surface area contributed by atoms with Gasteiger partial charge in [-0.05, 0) is 18.8 Å². The Morgan fingerprint density at radius 3 is 2.16 bits per heavy atom. The third kappa shape index (κ3) is 3.57. The number of benzene rings is 1. The molecule has 0 heterocycles. The smallest absolute Gasteiger partial charge is 0.134 e. The monoisotopic (exact) mass is 291 g/mol. The molecule has 0 aliphatic heterocycles. The maximum absolute atomic E-state index is 13.9. The lowest BCUT2D eigenvalue weighted by atomic mass is 9.81. The standard InChI is InChI=1S/C14H19F2NO.ClH/c1-18-10-7-11(15)13(12(16)8-10)14(17)9-5-3-2-4-6-9;/h7-9,14H,2-6,17H2,1H3;1H/t14-;/m1./s1. The van der Waals surface area contributed by atoms with Gasteiger partial charge >= 0.3 is 0 Å². The van der Waals surface area contributed by atoms with E-state index < -0.39 is 17.7 Å². The highest BCUT2D eigenvalue weighted by molar-refractivity contribution is 5.85. The van der Waals surface area contributed by atoms with Crippen molar-refractivity contribution in [2.24, 2.45) is 11.7 Å². The molecule has 1 aromatic carbocycles. The van der Waals surface area contributed by atoms with Crippen LogP contribution in [-0.2, 0) is 0 Å². The van der Waals surface area contributed by atoms with E-state index in [1.807, 2.05) is 0 Å². The van der Waals surface area contributed by atoms with Crippen LogP contribution in [0.5, 0.6) is 5.75 Å². The van der Waals surface area contributed by atoms with Crippen molar-refractivity contribution in [1.82, 2.24) is 0 Å². The molecule has 1 aliphatic carbocycles. The largest absolute Gasteiger partial charge is 0.497 e. The van der Waals surface area contributed by atoms with Crippen LogP contribution in [0.2, 0.25) is 0 Å². The van der Waals surface area contributed by atoms with E-state index in [2.05, 4.69) is 0 Å². The Bertz CT molecular complexity index is 399. The van der Waals surface area contributed by atoms with Crippen LogP contribution in [0.15, 0.2) is 12.1 Å². The van der Waals surface area contributed by atoms with Gasteiger partial charge in [0.05, 0.1) is 7.11 Å². The minimum absolute atomic E-state index is 0. The number of rotatable bonds is 3. The molecule has 2 rings (SSSR count). The van der Waals surface area contributed by atoms with Crippen molar-refractivity contribution in [2.75, 3.05) is 7.11 Å². The minimum Gasteiger partial charge on any atom is -0.497 e. The zero-order valence-corrected chi connectivity index (χ0v) is 11.8. The SMILES string of the molecule is COc1cc(F)c([C@H](N)C2CCCCC2)c(F)c1.Cl. The van der Waals surface area contributed by atoms with Crippen LogP contribution in [0.4, 0.5) is 8.78 Å². The predicted molar refractivity (Wildman–Crippen MR) is 73.7 cm³/mol. The summed E-state index contributed by atoms with van der Waals surface area (Å²) in [5.74, 6) is -0.851. The Labute approximate surface area is 118 Å². The average Bonchev–Trinajstić information content (AvgIpc) is 2.38. The van der Waals surface area contributed by atoms with E-state index in [-0.39, 0.29) is 29.6 Å². The summed E-state index contributed by atoms with van der Waals surface area (Å²) in [5, 5.41) is 0. The fraction of sp³-hybridized carbons (Fsp3) is 0.571. The fourth-order valence-corrected chi connectivity index (χ4v) is 2.73. The molecular formula is C14H20ClF2NO. The molecule has 0 spiro atoms. The second-order valence-electron chi connectivity index (χ2n) is 4.93. The topological polar surface area (TPSA) is 35.2 Å². The molecule has 1 aliphatic rings. The van der Waals surface area contributed by atoms with Crippen LogP contribution >= 0.6 is 12.4 Å². The molecule has 0 bridgehead atoms. The zero-order chi connectivity index (χ0) is 13.1. The molecule has 1 aromatic rings. The van der Waals surface area contributed by atoms with Crippen molar-refractivity contribution >= 4 is 12.4 Å². The summed E-state index contributed by atoms with van der Waals surface area (Å²) in [4.78, 5) is 0. The number of hydrogen-bond acceptors (Lipinski definition) is 2. The number of methoxy groups -OCH3 is 1. The molecule has 0 amide bonds. The predicted octanol–water partition coefficient (Wildman–Crippen LogP) is 3.98. The first kappa shape index (κ1) is 16.2. The molecule has 108 valence electrons. The molecule has 0 saturated heterocycles. The molecule has 5 heteroatoms. The van der Waals surface area contributed by atoms with Gasteiger partial charge in [-0.15, -0.1) is 12.4 Å². The highest BCUT2D eigenvalue weighted by atomic mass is 35.5. The summed E-state index contributed by atoms with van der Waals surface area (Å²) in [6.45, 7) is 0. The fourth-order valence-electron chi connectivity index (χ4n) is 2.73. The molecule has 2 nitrogen and oxygen atoms in total. The average molecular weight is 292 g/mol. The Morgan fingerprint density at radius 1 is 1.16 bits per heavy atom. The van der Waals surface area contributed by atoms with Crippen molar-refractivity contribution in [1.29, 1.82) is 0 Å². The van der Waals surface area contributed by atoms with Gasteiger partial charge < -0.3 is 10.5 Å².